The molecule has 2 saturated heterocycles. The van der Waals surface area contributed by atoms with Gasteiger partial charge in [-0.25, -0.2) is 0 Å². The molecule has 0 N–H and O–H groups in total. The first-order valence-electron chi connectivity index (χ1n) is 7.75. The quantitative estimate of drug-likeness (QED) is 0.734. The van der Waals surface area contributed by atoms with Crippen LogP contribution in [0.25, 0.3) is 0 Å². The summed E-state index contributed by atoms with van der Waals surface area (Å²) >= 11 is 0. The van der Waals surface area contributed by atoms with Gasteiger partial charge in [-0.05, 0) is 25.7 Å². The number of nitrogens with zero attached hydrogens (tertiary/aromatic N) is 3. The fourth-order valence-electron chi connectivity index (χ4n) is 3.29. The van der Waals surface area contributed by atoms with Gasteiger partial charge in [-0.1, -0.05) is 0 Å². The number of halogens is 3. The molecule has 0 spiro atoms. The maximum Gasteiger partial charge on any atom is 0.471 e. The lowest BCUT2D eigenvalue weighted by molar-refractivity contribution is -0.187. The molecule has 0 aromatic carbocycles. The minimum atomic E-state index is -4.98. The molecule has 9 heteroatoms. The Kier molecular flexibility index (Phi) is 3.97. The van der Waals surface area contributed by atoms with Crippen molar-refractivity contribution in [3.05, 3.63) is 0 Å². The number of alkyl halides is 3. The van der Waals surface area contributed by atoms with Gasteiger partial charge in [-0.3, -0.25) is 14.4 Å². The van der Waals surface area contributed by atoms with Crippen molar-refractivity contribution in [2.24, 2.45) is 0 Å². The summed E-state index contributed by atoms with van der Waals surface area (Å²) in [6.45, 7) is 0.533. The highest BCUT2D eigenvalue weighted by Crippen LogP contribution is 2.30. The molecular weight excluding hydrogens is 315 g/mol. The summed E-state index contributed by atoms with van der Waals surface area (Å²) in [5, 5.41) is 0. The van der Waals surface area contributed by atoms with Crippen LogP contribution < -0.4 is 0 Å². The highest BCUT2D eigenvalue weighted by atomic mass is 19.4. The summed E-state index contributed by atoms with van der Waals surface area (Å²) < 4.78 is 37.8. The normalized spacial score (nSPS) is 26.0. The van der Waals surface area contributed by atoms with Crippen LogP contribution in [0.3, 0.4) is 0 Å². The number of amides is 3. The average molecular weight is 333 g/mol. The third-order valence-corrected chi connectivity index (χ3v) is 4.60. The molecule has 3 fully saturated rings. The molecule has 0 aromatic heterocycles. The lowest BCUT2D eigenvalue weighted by Gasteiger charge is -2.37. The van der Waals surface area contributed by atoms with Crippen LogP contribution in [0.1, 0.15) is 25.7 Å². The molecule has 128 valence electrons. The molecule has 3 amide bonds. The molecule has 1 atom stereocenters. The highest BCUT2D eigenvalue weighted by Gasteiger charge is 2.49. The molecule has 1 saturated carbocycles. The Hall–Kier alpha value is -1.80. The van der Waals surface area contributed by atoms with Gasteiger partial charge < -0.3 is 14.7 Å². The van der Waals surface area contributed by atoms with E-state index >= 15 is 0 Å². The maximum atomic E-state index is 12.6. The third kappa shape index (κ3) is 3.13. The van der Waals surface area contributed by atoms with E-state index in [1.54, 1.807) is 4.90 Å². The van der Waals surface area contributed by atoms with Crippen molar-refractivity contribution in [2.75, 3.05) is 26.2 Å². The summed E-state index contributed by atoms with van der Waals surface area (Å²) in [7, 11) is 0. The van der Waals surface area contributed by atoms with Crippen molar-refractivity contribution in [3.8, 4) is 0 Å². The van der Waals surface area contributed by atoms with E-state index in [0.717, 1.165) is 12.8 Å². The molecule has 1 aliphatic carbocycles. The fraction of sp³-hybridized carbons (Fsp3) is 0.786. The van der Waals surface area contributed by atoms with Gasteiger partial charge in [0.2, 0.25) is 11.8 Å². The summed E-state index contributed by atoms with van der Waals surface area (Å²) in [5.41, 5.74) is 0. The Morgan fingerprint density at radius 2 is 1.74 bits per heavy atom. The second-order valence-electron chi connectivity index (χ2n) is 6.23. The van der Waals surface area contributed by atoms with Crippen molar-refractivity contribution < 1.29 is 27.6 Å². The molecule has 2 aliphatic heterocycles. The van der Waals surface area contributed by atoms with E-state index in [4.69, 9.17) is 0 Å². The van der Waals surface area contributed by atoms with Crippen LogP contribution in [0.15, 0.2) is 0 Å². The van der Waals surface area contributed by atoms with E-state index in [-0.39, 0.29) is 31.5 Å². The van der Waals surface area contributed by atoms with Crippen LogP contribution in [-0.2, 0) is 14.4 Å². The Balaban J connectivity index is 1.65. The first kappa shape index (κ1) is 16.1. The molecule has 2 heterocycles. The van der Waals surface area contributed by atoms with E-state index in [9.17, 15) is 27.6 Å². The van der Waals surface area contributed by atoms with E-state index < -0.39 is 24.0 Å². The summed E-state index contributed by atoms with van der Waals surface area (Å²) in [6.07, 6.45) is -2.48. The van der Waals surface area contributed by atoms with Crippen molar-refractivity contribution in [3.63, 3.8) is 0 Å². The molecular formula is C14H18F3N3O3. The molecule has 1 unspecified atom stereocenters. The fourth-order valence-corrected chi connectivity index (χ4v) is 3.29. The molecule has 6 nitrogen and oxygen atoms in total. The predicted molar refractivity (Wildman–Crippen MR) is 72.1 cm³/mol. The molecule has 3 aliphatic rings. The SMILES string of the molecule is O=C(C1CCCN1C(=O)C(F)(F)F)N1CCN(C2CC2)C(=O)C1. The zero-order valence-electron chi connectivity index (χ0n) is 12.5. The molecule has 0 bridgehead atoms. The lowest BCUT2D eigenvalue weighted by atomic mass is 10.1. The van der Waals surface area contributed by atoms with Gasteiger partial charge in [-0.2, -0.15) is 13.2 Å². The van der Waals surface area contributed by atoms with E-state index in [0.29, 0.717) is 24.4 Å². The van der Waals surface area contributed by atoms with Crippen LogP contribution in [0.2, 0.25) is 0 Å². The number of hydrogen-bond acceptors (Lipinski definition) is 3. The average Bonchev–Trinajstić information content (AvgIpc) is 3.21. The Morgan fingerprint density at radius 3 is 2.30 bits per heavy atom. The van der Waals surface area contributed by atoms with E-state index in [1.165, 1.54) is 4.90 Å². The maximum absolute atomic E-state index is 12.6. The van der Waals surface area contributed by atoms with Crippen molar-refractivity contribution in [2.45, 2.75) is 43.9 Å². The van der Waals surface area contributed by atoms with Crippen LogP contribution in [0, 0.1) is 0 Å². The van der Waals surface area contributed by atoms with Gasteiger partial charge in [0.15, 0.2) is 0 Å². The Labute approximate surface area is 131 Å². The second kappa shape index (κ2) is 5.68. The van der Waals surface area contributed by atoms with Crippen LogP contribution in [-0.4, -0.2) is 76.9 Å². The van der Waals surface area contributed by atoms with E-state index in [2.05, 4.69) is 0 Å². The number of hydrogen-bond donors (Lipinski definition) is 0. The topological polar surface area (TPSA) is 60.9 Å². The third-order valence-electron chi connectivity index (χ3n) is 4.60. The van der Waals surface area contributed by atoms with Crippen LogP contribution in [0.5, 0.6) is 0 Å². The first-order valence-corrected chi connectivity index (χ1v) is 7.75. The largest absolute Gasteiger partial charge is 0.471 e. The molecule has 0 radical (unpaired) electrons. The van der Waals surface area contributed by atoms with Crippen molar-refractivity contribution in [1.29, 1.82) is 0 Å². The highest BCUT2D eigenvalue weighted by molar-refractivity contribution is 5.93. The summed E-state index contributed by atoms with van der Waals surface area (Å²) in [6, 6.07) is -0.848. The predicted octanol–water partition coefficient (Wildman–Crippen LogP) is 0.373. The Bertz CT molecular complexity index is 533. The number of rotatable bonds is 2. The van der Waals surface area contributed by atoms with Gasteiger partial charge in [0.1, 0.15) is 6.04 Å². The standard InChI is InChI=1S/C14H18F3N3O3/c15-14(16,17)13(23)20-5-1-2-10(20)12(22)18-6-7-19(9-3-4-9)11(21)8-18/h9-10H,1-8H2. The van der Waals surface area contributed by atoms with Gasteiger partial charge in [-0.15, -0.1) is 0 Å². The summed E-state index contributed by atoms with van der Waals surface area (Å²) in [5.74, 6) is -2.70. The van der Waals surface area contributed by atoms with Gasteiger partial charge >= 0.3 is 12.1 Å². The molecule has 3 rings (SSSR count). The Morgan fingerprint density at radius 1 is 1.04 bits per heavy atom. The number of piperazine rings is 1. The molecule has 23 heavy (non-hydrogen) atoms. The van der Waals surface area contributed by atoms with Gasteiger partial charge in [0, 0.05) is 25.7 Å². The smallest absolute Gasteiger partial charge is 0.336 e. The monoisotopic (exact) mass is 333 g/mol. The number of likely N-dealkylation sites (tertiary alicyclic amines) is 1. The lowest BCUT2D eigenvalue weighted by Crippen LogP contribution is -2.57. The number of carbonyl (C=O) groups is 3. The minimum Gasteiger partial charge on any atom is -0.336 e. The summed E-state index contributed by atoms with van der Waals surface area (Å²) in [4.78, 5) is 39.6. The van der Waals surface area contributed by atoms with Crippen LogP contribution >= 0.6 is 0 Å². The minimum absolute atomic E-state index is 0.0786. The first-order chi connectivity index (χ1) is 10.8. The van der Waals surface area contributed by atoms with Crippen molar-refractivity contribution in [1.82, 2.24) is 14.7 Å². The van der Waals surface area contributed by atoms with E-state index in [1.807, 2.05) is 0 Å². The zero-order valence-corrected chi connectivity index (χ0v) is 12.5. The second-order valence-corrected chi connectivity index (χ2v) is 6.23. The number of carbonyl (C=O) groups excluding carboxylic acids is 3. The molecule has 0 aromatic rings. The van der Waals surface area contributed by atoms with Crippen LogP contribution in [0.4, 0.5) is 13.2 Å². The van der Waals surface area contributed by atoms with Gasteiger partial charge in [0.25, 0.3) is 0 Å². The zero-order chi connectivity index (χ0) is 16.8. The van der Waals surface area contributed by atoms with Gasteiger partial charge in [0.05, 0.1) is 6.54 Å². The van der Waals surface area contributed by atoms with Crippen molar-refractivity contribution >= 4 is 17.7 Å².